The first kappa shape index (κ1) is 23.1. The number of halogens is 1. The van der Waals surface area contributed by atoms with Gasteiger partial charge in [0.25, 0.3) is 5.91 Å². The normalized spacial score (nSPS) is 15.9. The van der Waals surface area contributed by atoms with Gasteiger partial charge in [-0.3, -0.25) is 14.6 Å². The third kappa shape index (κ3) is 5.07. The van der Waals surface area contributed by atoms with Crippen molar-refractivity contribution in [2.24, 2.45) is 5.92 Å². The van der Waals surface area contributed by atoms with E-state index < -0.39 is 0 Å². The van der Waals surface area contributed by atoms with Crippen LogP contribution >= 0.6 is 11.3 Å². The minimum Gasteiger partial charge on any atom is -0.355 e. The Kier molecular flexibility index (Phi) is 6.54. The zero-order chi connectivity index (χ0) is 24.4. The maximum absolute atomic E-state index is 13.4. The number of carbonyl (C=O) groups is 2. The number of thiazole rings is 1. The fourth-order valence-corrected chi connectivity index (χ4v) is 5.35. The first-order valence-electron chi connectivity index (χ1n) is 11.6. The van der Waals surface area contributed by atoms with E-state index in [0.29, 0.717) is 53.5 Å². The third-order valence-electron chi connectivity index (χ3n) is 6.13. The van der Waals surface area contributed by atoms with E-state index >= 15 is 0 Å². The molecule has 1 aliphatic heterocycles. The maximum Gasteiger partial charge on any atom is 0.265 e. The van der Waals surface area contributed by atoms with E-state index in [0.717, 1.165) is 23.4 Å². The lowest BCUT2D eigenvalue weighted by Crippen LogP contribution is -2.45. The van der Waals surface area contributed by atoms with E-state index in [1.807, 2.05) is 19.1 Å². The van der Waals surface area contributed by atoms with Crippen LogP contribution in [0.25, 0.3) is 21.6 Å². The average Bonchev–Trinajstić information content (AvgIpc) is 3.46. The first-order valence-corrected chi connectivity index (χ1v) is 12.4. The summed E-state index contributed by atoms with van der Waals surface area (Å²) in [6.07, 6.45) is 5.45. The molecule has 10 heteroatoms. The van der Waals surface area contributed by atoms with Crippen molar-refractivity contribution >= 4 is 34.2 Å². The van der Waals surface area contributed by atoms with Crippen molar-refractivity contribution in [3.05, 3.63) is 64.9 Å². The Morgan fingerprint density at radius 1 is 1.29 bits per heavy atom. The molecule has 0 bridgehead atoms. The van der Waals surface area contributed by atoms with Crippen molar-refractivity contribution in [1.82, 2.24) is 30.2 Å². The van der Waals surface area contributed by atoms with E-state index in [4.69, 9.17) is 0 Å². The molecule has 2 amide bonds. The Morgan fingerprint density at radius 3 is 3.00 bits per heavy atom. The summed E-state index contributed by atoms with van der Waals surface area (Å²) in [5, 5.41) is 3.73. The Balaban J connectivity index is 1.18. The van der Waals surface area contributed by atoms with Crippen molar-refractivity contribution < 1.29 is 14.0 Å². The lowest BCUT2D eigenvalue weighted by molar-refractivity contribution is -0.126. The quantitative estimate of drug-likeness (QED) is 0.427. The number of piperidine rings is 1. The Morgan fingerprint density at radius 2 is 2.17 bits per heavy atom. The zero-order valence-corrected chi connectivity index (χ0v) is 20.1. The number of likely N-dealkylation sites (tertiary alicyclic amines) is 1. The molecule has 1 fully saturated rings. The van der Waals surface area contributed by atoms with Crippen molar-refractivity contribution in [3.8, 4) is 10.6 Å². The van der Waals surface area contributed by atoms with E-state index in [2.05, 4.69) is 25.3 Å². The summed E-state index contributed by atoms with van der Waals surface area (Å²) in [5.41, 5.74) is 2.90. The molecular formula is C25H25FN6O2S. The monoisotopic (exact) mass is 492 g/mol. The van der Waals surface area contributed by atoms with Gasteiger partial charge in [0.05, 0.1) is 22.6 Å². The van der Waals surface area contributed by atoms with Crippen LogP contribution in [0.4, 0.5) is 4.39 Å². The van der Waals surface area contributed by atoms with Gasteiger partial charge in [0.15, 0.2) is 0 Å². The van der Waals surface area contributed by atoms with Crippen LogP contribution in [0.1, 0.15) is 34.0 Å². The second-order valence-corrected chi connectivity index (χ2v) is 9.65. The van der Waals surface area contributed by atoms with Gasteiger partial charge in [-0.05, 0) is 50.1 Å². The number of aromatic nitrogens is 4. The molecule has 8 nitrogen and oxygen atoms in total. The molecule has 0 spiro atoms. The molecule has 0 radical (unpaired) electrons. The topological polar surface area (TPSA) is 104 Å². The SMILES string of the molecule is Cc1nc(-c2cccnc2)sc1C(=O)N1CCCC(C(=O)NCCc2nc3ccc(F)cc3[nH]2)C1. The molecule has 35 heavy (non-hydrogen) atoms. The van der Waals surface area contributed by atoms with Gasteiger partial charge in [0.2, 0.25) is 5.91 Å². The number of nitrogens with one attached hydrogen (secondary N) is 2. The van der Waals surface area contributed by atoms with Crippen molar-refractivity contribution in [1.29, 1.82) is 0 Å². The molecule has 5 rings (SSSR count). The van der Waals surface area contributed by atoms with Crippen LogP contribution in [0.3, 0.4) is 0 Å². The number of benzene rings is 1. The second-order valence-electron chi connectivity index (χ2n) is 8.65. The second kappa shape index (κ2) is 9.91. The smallest absolute Gasteiger partial charge is 0.265 e. The highest BCUT2D eigenvalue weighted by molar-refractivity contribution is 7.17. The molecule has 3 aromatic heterocycles. The van der Waals surface area contributed by atoms with Gasteiger partial charge in [-0.2, -0.15) is 0 Å². The Labute approximate surface area is 205 Å². The van der Waals surface area contributed by atoms with Crippen LogP contribution in [-0.4, -0.2) is 56.3 Å². The molecular weight excluding hydrogens is 467 g/mol. The van der Waals surface area contributed by atoms with E-state index in [1.165, 1.54) is 23.5 Å². The number of imidazole rings is 1. The number of hydrogen-bond acceptors (Lipinski definition) is 6. The average molecular weight is 493 g/mol. The van der Waals surface area contributed by atoms with E-state index in [1.54, 1.807) is 23.4 Å². The number of H-pyrrole nitrogens is 1. The number of carbonyl (C=O) groups excluding carboxylic acids is 2. The van der Waals surface area contributed by atoms with E-state index in [-0.39, 0.29) is 23.5 Å². The van der Waals surface area contributed by atoms with Crippen LogP contribution in [-0.2, 0) is 11.2 Å². The highest BCUT2D eigenvalue weighted by atomic mass is 32.1. The summed E-state index contributed by atoms with van der Waals surface area (Å²) >= 11 is 1.36. The van der Waals surface area contributed by atoms with Crippen LogP contribution < -0.4 is 5.32 Å². The molecule has 1 atom stereocenters. The molecule has 180 valence electrons. The number of hydrogen-bond donors (Lipinski definition) is 2. The number of aryl methyl sites for hydroxylation is 1. The summed E-state index contributed by atoms with van der Waals surface area (Å²) in [7, 11) is 0. The number of aromatic amines is 1. The molecule has 1 unspecified atom stereocenters. The van der Waals surface area contributed by atoms with Gasteiger partial charge < -0.3 is 15.2 Å². The molecule has 0 aliphatic carbocycles. The molecule has 0 saturated carbocycles. The highest BCUT2D eigenvalue weighted by Gasteiger charge is 2.30. The summed E-state index contributed by atoms with van der Waals surface area (Å²) in [6.45, 7) is 3.25. The van der Waals surface area contributed by atoms with Crippen LogP contribution in [0, 0.1) is 18.7 Å². The van der Waals surface area contributed by atoms with Crippen LogP contribution in [0.5, 0.6) is 0 Å². The third-order valence-corrected chi connectivity index (χ3v) is 7.33. The number of rotatable bonds is 6. The summed E-state index contributed by atoms with van der Waals surface area (Å²) in [5.74, 6) is -0.0389. The number of nitrogens with zero attached hydrogens (tertiary/aromatic N) is 4. The Hall–Kier alpha value is -3.66. The maximum atomic E-state index is 13.4. The lowest BCUT2D eigenvalue weighted by atomic mass is 9.97. The van der Waals surface area contributed by atoms with Gasteiger partial charge in [-0.15, -0.1) is 11.3 Å². The van der Waals surface area contributed by atoms with E-state index in [9.17, 15) is 14.0 Å². The summed E-state index contributed by atoms with van der Waals surface area (Å²) in [4.78, 5) is 44.6. The van der Waals surface area contributed by atoms with Gasteiger partial charge in [0.1, 0.15) is 21.5 Å². The summed E-state index contributed by atoms with van der Waals surface area (Å²) in [6, 6.07) is 8.17. The molecule has 1 saturated heterocycles. The van der Waals surface area contributed by atoms with Crippen molar-refractivity contribution in [2.45, 2.75) is 26.2 Å². The number of amides is 2. The molecule has 2 N–H and O–H groups in total. The largest absolute Gasteiger partial charge is 0.355 e. The summed E-state index contributed by atoms with van der Waals surface area (Å²) < 4.78 is 13.4. The number of pyridine rings is 1. The van der Waals surface area contributed by atoms with Crippen LogP contribution in [0.15, 0.2) is 42.7 Å². The van der Waals surface area contributed by atoms with Crippen molar-refractivity contribution in [3.63, 3.8) is 0 Å². The standard InChI is InChI=1S/C25H25FN6O2S/c1-15-22(35-24(29-15)16-4-2-9-27-13-16)25(34)32-11-3-5-17(14-32)23(33)28-10-8-21-30-19-7-6-18(26)12-20(19)31-21/h2,4,6-7,9,12-13,17H,3,5,8,10-11,14H2,1H3,(H,28,33)(H,30,31). The van der Waals surface area contributed by atoms with Gasteiger partial charge >= 0.3 is 0 Å². The zero-order valence-electron chi connectivity index (χ0n) is 19.3. The molecule has 4 heterocycles. The van der Waals surface area contributed by atoms with Crippen LogP contribution in [0.2, 0.25) is 0 Å². The highest BCUT2D eigenvalue weighted by Crippen LogP contribution is 2.29. The molecule has 1 aromatic carbocycles. The molecule has 1 aliphatic rings. The fourth-order valence-electron chi connectivity index (χ4n) is 4.33. The van der Waals surface area contributed by atoms with Crippen molar-refractivity contribution in [2.75, 3.05) is 19.6 Å². The van der Waals surface area contributed by atoms with Gasteiger partial charge in [-0.25, -0.2) is 14.4 Å². The lowest BCUT2D eigenvalue weighted by Gasteiger charge is -2.31. The minimum absolute atomic E-state index is 0.0678. The Bertz CT molecular complexity index is 1370. The van der Waals surface area contributed by atoms with Gasteiger partial charge in [0, 0.05) is 44.0 Å². The predicted octanol–water partition coefficient (Wildman–Crippen LogP) is 3.74. The fraction of sp³-hybridized carbons (Fsp3) is 0.320. The first-order chi connectivity index (χ1) is 17.0. The molecule has 4 aromatic rings. The predicted molar refractivity (Wildman–Crippen MR) is 131 cm³/mol. The minimum atomic E-state index is -0.320. The van der Waals surface area contributed by atoms with Gasteiger partial charge in [-0.1, -0.05) is 0 Å². The number of fused-ring (bicyclic) bond motifs is 1.